The minimum atomic E-state index is -0.504. The van der Waals surface area contributed by atoms with E-state index in [-0.39, 0.29) is 18.1 Å². The molecule has 0 bridgehead atoms. The lowest BCUT2D eigenvalue weighted by Crippen LogP contribution is -2.56. The van der Waals surface area contributed by atoms with Crippen LogP contribution >= 0.6 is 11.3 Å². The highest BCUT2D eigenvalue weighted by Crippen LogP contribution is 2.41. The molecule has 11 heteroatoms. The van der Waals surface area contributed by atoms with Gasteiger partial charge >= 0.3 is 0 Å². The van der Waals surface area contributed by atoms with Crippen molar-refractivity contribution in [2.24, 2.45) is 7.05 Å². The van der Waals surface area contributed by atoms with Gasteiger partial charge in [0.15, 0.2) is 0 Å². The number of pyridine rings is 2. The number of benzene rings is 1. The van der Waals surface area contributed by atoms with Crippen LogP contribution in [0.15, 0.2) is 47.5 Å². The number of anilines is 2. The van der Waals surface area contributed by atoms with Crippen molar-refractivity contribution in [1.29, 1.82) is 0 Å². The number of ether oxygens (including phenoxy) is 1. The smallest absolute Gasteiger partial charge is 0.268 e. The second kappa shape index (κ2) is 12.9. The molecule has 1 N–H and O–H groups in total. The number of carbonyl (C=O) groups excluding carboxylic acids is 1. The molecular formula is C37H40FN5O4S. The summed E-state index contributed by atoms with van der Waals surface area (Å²) in [6, 6.07) is 9.07. The van der Waals surface area contributed by atoms with Crippen molar-refractivity contribution in [3.8, 4) is 11.1 Å². The predicted octanol–water partition coefficient (Wildman–Crippen LogP) is 4.33. The number of thiophene rings is 1. The van der Waals surface area contributed by atoms with Crippen molar-refractivity contribution in [3.63, 3.8) is 0 Å². The summed E-state index contributed by atoms with van der Waals surface area (Å²) in [4.78, 5) is 40.4. The van der Waals surface area contributed by atoms with E-state index in [4.69, 9.17) is 9.72 Å². The first kappa shape index (κ1) is 31.4. The van der Waals surface area contributed by atoms with Crippen molar-refractivity contribution in [1.82, 2.24) is 14.5 Å². The average molecular weight is 670 g/mol. The molecule has 4 aromatic rings. The van der Waals surface area contributed by atoms with Crippen LogP contribution in [-0.4, -0.2) is 77.4 Å². The van der Waals surface area contributed by atoms with Crippen LogP contribution in [0.4, 0.5) is 15.8 Å². The summed E-state index contributed by atoms with van der Waals surface area (Å²) in [5, 5.41) is 10.7. The number of nitrogens with zero attached hydrogens (tertiary/aromatic N) is 5. The molecule has 1 amide bonds. The Balaban J connectivity index is 1.06. The Bertz CT molecular complexity index is 1930. The monoisotopic (exact) mass is 669 g/mol. The fourth-order valence-electron chi connectivity index (χ4n) is 7.77. The van der Waals surface area contributed by atoms with Gasteiger partial charge in [-0.05, 0) is 84.7 Å². The van der Waals surface area contributed by atoms with Crippen LogP contribution in [0, 0.1) is 5.82 Å². The maximum Gasteiger partial charge on any atom is 0.268 e. The second-order valence-corrected chi connectivity index (χ2v) is 14.5. The Hall–Kier alpha value is -3.90. The fourth-order valence-corrected chi connectivity index (χ4v) is 9.16. The van der Waals surface area contributed by atoms with Gasteiger partial charge in [0.25, 0.3) is 11.5 Å². The molecule has 3 aliphatic heterocycles. The molecule has 6 heterocycles. The summed E-state index contributed by atoms with van der Waals surface area (Å²) in [6.45, 7) is 5.56. The maximum atomic E-state index is 15.4. The van der Waals surface area contributed by atoms with Gasteiger partial charge in [-0.25, -0.2) is 4.39 Å². The molecule has 0 unspecified atom stereocenters. The molecule has 0 radical (unpaired) electrons. The van der Waals surface area contributed by atoms with Crippen molar-refractivity contribution in [2.45, 2.75) is 51.2 Å². The van der Waals surface area contributed by atoms with Gasteiger partial charge < -0.3 is 24.2 Å². The lowest BCUT2D eigenvalue weighted by atomic mass is 9.91. The number of piperazine rings is 1. The number of rotatable bonds is 7. The lowest BCUT2D eigenvalue weighted by molar-refractivity contribution is -0.0660. The van der Waals surface area contributed by atoms with Gasteiger partial charge in [-0.15, -0.1) is 11.3 Å². The predicted molar refractivity (Wildman–Crippen MR) is 185 cm³/mol. The Morgan fingerprint density at radius 3 is 2.54 bits per heavy atom. The Kier molecular flexibility index (Phi) is 8.40. The zero-order chi connectivity index (χ0) is 32.9. The molecule has 2 fully saturated rings. The summed E-state index contributed by atoms with van der Waals surface area (Å²) < 4.78 is 22.2. The fraction of sp³-hybridized carbons (Fsp3) is 0.432. The molecular weight excluding hydrogens is 630 g/mol. The quantitative estimate of drug-likeness (QED) is 0.313. The number of amides is 1. The van der Waals surface area contributed by atoms with Crippen LogP contribution in [-0.2, 0) is 44.1 Å². The number of carbonyl (C=O) groups is 1. The SMILES string of the molecule is Cn1cc(-c2cc(F)cc(N3CCc4c(sc5c4CCCC5)C3=O)c2CO)cc(Cc2ccc(N3CCN(C4COC4)CC3)cn2)c1=O. The van der Waals surface area contributed by atoms with Gasteiger partial charge in [-0.1, -0.05) is 0 Å². The molecule has 0 spiro atoms. The van der Waals surface area contributed by atoms with Crippen molar-refractivity contribution in [3.05, 3.63) is 96.6 Å². The number of aryl methyl sites for hydroxylation is 2. The number of hydrogen-bond donors (Lipinski definition) is 1. The highest BCUT2D eigenvalue weighted by molar-refractivity contribution is 7.14. The number of hydrogen-bond acceptors (Lipinski definition) is 8. The molecule has 2 saturated heterocycles. The first-order valence-corrected chi connectivity index (χ1v) is 17.8. The van der Waals surface area contributed by atoms with Crippen LogP contribution in [0.1, 0.15) is 55.3 Å². The molecule has 0 saturated carbocycles. The third-order valence-corrected chi connectivity index (χ3v) is 11.8. The minimum absolute atomic E-state index is 0.132. The molecule has 1 aromatic carbocycles. The van der Waals surface area contributed by atoms with Gasteiger partial charge in [0.2, 0.25) is 0 Å². The summed E-state index contributed by atoms with van der Waals surface area (Å²) >= 11 is 1.58. The first-order valence-electron chi connectivity index (χ1n) is 17.0. The molecule has 9 nitrogen and oxygen atoms in total. The number of aliphatic hydroxyl groups excluding tert-OH is 1. The zero-order valence-electron chi connectivity index (χ0n) is 27.2. The average Bonchev–Trinajstić information content (AvgIpc) is 3.46. The van der Waals surface area contributed by atoms with Gasteiger partial charge in [-0.3, -0.25) is 19.5 Å². The van der Waals surface area contributed by atoms with Gasteiger partial charge in [0, 0.05) is 74.1 Å². The van der Waals surface area contributed by atoms with E-state index in [0.717, 1.165) is 86.9 Å². The Morgan fingerprint density at radius 1 is 1.00 bits per heavy atom. The molecule has 4 aliphatic rings. The highest BCUT2D eigenvalue weighted by atomic mass is 32.1. The summed E-state index contributed by atoms with van der Waals surface area (Å²) in [7, 11) is 1.67. The minimum Gasteiger partial charge on any atom is -0.392 e. The van der Waals surface area contributed by atoms with Gasteiger partial charge in [0.1, 0.15) is 5.82 Å². The summed E-state index contributed by atoms with van der Waals surface area (Å²) in [5.41, 5.74) is 6.58. The number of fused-ring (bicyclic) bond motifs is 3. The third kappa shape index (κ3) is 5.66. The first-order chi connectivity index (χ1) is 23.4. The number of aliphatic hydroxyl groups is 1. The van der Waals surface area contributed by atoms with Crippen LogP contribution < -0.4 is 15.4 Å². The topological polar surface area (TPSA) is 91.1 Å². The van der Waals surface area contributed by atoms with Crippen LogP contribution in [0.3, 0.4) is 0 Å². The molecule has 1 aliphatic carbocycles. The van der Waals surface area contributed by atoms with Crippen molar-refractivity contribution < 1.29 is 19.0 Å². The second-order valence-electron chi connectivity index (χ2n) is 13.4. The third-order valence-electron chi connectivity index (χ3n) is 10.5. The maximum absolute atomic E-state index is 15.4. The van der Waals surface area contributed by atoms with Crippen molar-refractivity contribution in [2.75, 3.05) is 55.7 Å². The van der Waals surface area contributed by atoms with E-state index < -0.39 is 5.82 Å². The van der Waals surface area contributed by atoms with Crippen LogP contribution in [0.5, 0.6) is 0 Å². The van der Waals surface area contributed by atoms with Crippen LogP contribution in [0.2, 0.25) is 0 Å². The summed E-state index contributed by atoms with van der Waals surface area (Å²) in [5.74, 6) is -0.636. The van der Waals surface area contributed by atoms with E-state index in [9.17, 15) is 14.7 Å². The normalized spacial score (nSPS) is 18.5. The van der Waals surface area contributed by atoms with Gasteiger partial charge in [0.05, 0.1) is 48.3 Å². The molecule has 48 heavy (non-hydrogen) atoms. The largest absolute Gasteiger partial charge is 0.392 e. The lowest BCUT2D eigenvalue weighted by Gasteiger charge is -2.43. The van der Waals surface area contributed by atoms with E-state index in [1.165, 1.54) is 27.1 Å². The zero-order valence-corrected chi connectivity index (χ0v) is 28.0. The Morgan fingerprint density at radius 2 is 1.81 bits per heavy atom. The number of aromatic nitrogens is 2. The van der Waals surface area contributed by atoms with E-state index in [0.29, 0.717) is 53.4 Å². The van der Waals surface area contributed by atoms with E-state index >= 15 is 4.39 Å². The standard InChI is InChI=1S/C37H40FN5O4S/c1-40-19-24(14-23(36(40)45)15-26-6-7-27(18-39-26)41-10-12-42(13-11-41)28-21-47-22-28)31-16-25(38)17-33(32(31)20-44)43-9-8-30-29-4-2-3-5-34(29)48-35(30)37(43)46/h6-7,14,16-19,28,44H,2-5,8-13,15,20-22H2,1H3. The van der Waals surface area contributed by atoms with E-state index in [1.807, 2.05) is 12.3 Å². The van der Waals surface area contributed by atoms with E-state index in [2.05, 4.69) is 15.9 Å². The summed E-state index contributed by atoms with van der Waals surface area (Å²) in [6.07, 6.45) is 8.88. The van der Waals surface area contributed by atoms with Gasteiger partial charge in [-0.2, -0.15) is 0 Å². The molecule has 250 valence electrons. The van der Waals surface area contributed by atoms with E-state index in [1.54, 1.807) is 35.5 Å². The Labute approximate surface area is 283 Å². The highest BCUT2D eigenvalue weighted by Gasteiger charge is 2.34. The number of halogens is 1. The van der Waals surface area contributed by atoms with Crippen LogP contribution in [0.25, 0.3) is 11.1 Å². The molecule has 8 rings (SSSR count). The molecule has 0 atom stereocenters. The van der Waals surface area contributed by atoms with Crippen molar-refractivity contribution >= 4 is 28.6 Å². The molecule has 3 aromatic heterocycles.